The van der Waals surface area contributed by atoms with Crippen LogP contribution in [0.5, 0.6) is 0 Å². The summed E-state index contributed by atoms with van der Waals surface area (Å²) in [4.78, 5) is 37.3. The van der Waals surface area contributed by atoms with Gasteiger partial charge in [0, 0.05) is 12.5 Å². The molecule has 1 aliphatic rings. The number of carbonyl (C=O) groups is 3. The van der Waals surface area contributed by atoms with Crippen LogP contribution in [0.15, 0.2) is 48.5 Å². The summed E-state index contributed by atoms with van der Waals surface area (Å²) in [5, 5.41) is 14.9. The van der Waals surface area contributed by atoms with Crippen LogP contribution in [-0.4, -0.2) is 41.8 Å². The quantitative estimate of drug-likeness (QED) is 0.471. The third kappa shape index (κ3) is 4.79. The molecule has 0 spiro atoms. The maximum absolute atomic E-state index is 13.1. The summed E-state index contributed by atoms with van der Waals surface area (Å²) in [5.41, 5.74) is 2.25. The maximum Gasteiger partial charge on any atom is 0.407 e. The lowest BCUT2D eigenvalue weighted by Gasteiger charge is -2.34. The standard InChI is InChI=1S/C27H34N2O5/c1-5-26(4,24(31)32)29-23(30)27(6-2,7-3)17-28-25(33)34-16-22-20-14-10-8-12-18(20)19-13-9-11-15-21(19)22/h8-15,22H,5-7,16-17H2,1-4H3,(H,28,33)(H,29,30)(H,31,32). The predicted molar refractivity (Wildman–Crippen MR) is 131 cm³/mol. The van der Waals surface area contributed by atoms with Crippen molar-refractivity contribution in [2.24, 2.45) is 5.41 Å². The molecule has 0 saturated heterocycles. The number of benzene rings is 2. The van der Waals surface area contributed by atoms with E-state index < -0.39 is 23.0 Å². The van der Waals surface area contributed by atoms with Crippen LogP contribution in [0.1, 0.15) is 64.0 Å². The Labute approximate surface area is 200 Å². The van der Waals surface area contributed by atoms with Gasteiger partial charge >= 0.3 is 12.1 Å². The fourth-order valence-electron chi connectivity index (χ4n) is 4.47. The van der Waals surface area contributed by atoms with E-state index in [9.17, 15) is 19.5 Å². The highest BCUT2D eigenvalue weighted by molar-refractivity contribution is 5.90. The number of hydrogen-bond acceptors (Lipinski definition) is 4. The minimum Gasteiger partial charge on any atom is -0.480 e. The first kappa shape index (κ1) is 25.3. The van der Waals surface area contributed by atoms with Gasteiger partial charge in [0.1, 0.15) is 12.1 Å². The summed E-state index contributed by atoms with van der Waals surface area (Å²) in [6, 6.07) is 16.2. The predicted octanol–water partition coefficient (Wildman–Crippen LogP) is 4.70. The third-order valence-electron chi connectivity index (χ3n) is 7.32. The van der Waals surface area contributed by atoms with Gasteiger partial charge in [0.25, 0.3) is 0 Å². The van der Waals surface area contributed by atoms with E-state index in [1.807, 2.05) is 38.1 Å². The molecule has 0 saturated carbocycles. The highest BCUT2D eigenvalue weighted by Gasteiger charge is 2.41. The number of hydrogen-bond donors (Lipinski definition) is 3. The Morgan fingerprint density at radius 1 is 0.912 bits per heavy atom. The fourth-order valence-corrected chi connectivity index (χ4v) is 4.47. The Morgan fingerprint density at radius 3 is 1.91 bits per heavy atom. The van der Waals surface area contributed by atoms with Gasteiger partial charge in [-0.05, 0) is 48.4 Å². The van der Waals surface area contributed by atoms with Crippen molar-refractivity contribution in [3.05, 3.63) is 59.7 Å². The topological polar surface area (TPSA) is 105 Å². The summed E-state index contributed by atoms with van der Waals surface area (Å²) in [6.07, 6.45) is 0.534. The van der Waals surface area contributed by atoms with Crippen LogP contribution in [-0.2, 0) is 14.3 Å². The molecule has 0 radical (unpaired) electrons. The first-order valence-electron chi connectivity index (χ1n) is 11.9. The third-order valence-corrected chi connectivity index (χ3v) is 7.32. The minimum atomic E-state index is -1.36. The van der Waals surface area contributed by atoms with Crippen molar-refractivity contribution in [2.75, 3.05) is 13.2 Å². The van der Waals surface area contributed by atoms with E-state index in [4.69, 9.17) is 4.74 Å². The van der Waals surface area contributed by atoms with Gasteiger partial charge in [-0.3, -0.25) is 4.79 Å². The van der Waals surface area contributed by atoms with Gasteiger partial charge in [-0.25, -0.2) is 9.59 Å². The van der Waals surface area contributed by atoms with E-state index in [1.165, 1.54) is 6.92 Å². The molecular weight excluding hydrogens is 432 g/mol. The number of rotatable bonds is 10. The monoisotopic (exact) mass is 466 g/mol. The molecule has 0 bridgehead atoms. The molecule has 1 aliphatic carbocycles. The number of carbonyl (C=O) groups excluding carboxylic acids is 2. The summed E-state index contributed by atoms with van der Waals surface area (Å²) in [5.74, 6) is -1.53. The second kappa shape index (κ2) is 10.3. The van der Waals surface area contributed by atoms with Gasteiger partial charge in [0.05, 0.1) is 5.41 Å². The number of carboxylic acid groups (broad SMARTS) is 1. The van der Waals surface area contributed by atoms with Crippen LogP contribution in [0.4, 0.5) is 4.79 Å². The molecule has 1 atom stereocenters. The SMILES string of the molecule is CCC(CC)(CNC(=O)OCC1c2ccccc2-c2ccccc21)C(=O)NC(C)(CC)C(=O)O. The molecule has 0 heterocycles. The van der Waals surface area contributed by atoms with Crippen LogP contribution >= 0.6 is 0 Å². The number of aliphatic carboxylic acids is 1. The molecule has 0 aliphatic heterocycles. The molecule has 7 nitrogen and oxygen atoms in total. The van der Waals surface area contributed by atoms with Crippen molar-refractivity contribution in [2.45, 2.75) is 58.4 Å². The normalized spacial score (nSPS) is 14.5. The van der Waals surface area contributed by atoms with Gasteiger partial charge in [0.2, 0.25) is 5.91 Å². The van der Waals surface area contributed by atoms with Crippen LogP contribution in [0.3, 0.4) is 0 Å². The Hall–Kier alpha value is -3.35. The maximum atomic E-state index is 13.1. The van der Waals surface area contributed by atoms with Gasteiger partial charge in [-0.15, -0.1) is 0 Å². The average Bonchev–Trinajstić information content (AvgIpc) is 3.17. The summed E-state index contributed by atoms with van der Waals surface area (Å²) < 4.78 is 5.59. The van der Waals surface area contributed by atoms with Gasteiger partial charge in [-0.1, -0.05) is 69.3 Å². The Kier molecular flexibility index (Phi) is 7.64. The van der Waals surface area contributed by atoms with Gasteiger partial charge in [-0.2, -0.15) is 0 Å². The van der Waals surface area contributed by atoms with Crippen LogP contribution in [0.2, 0.25) is 0 Å². The van der Waals surface area contributed by atoms with Crippen molar-refractivity contribution in [3.63, 3.8) is 0 Å². The molecule has 34 heavy (non-hydrogen) atoms. The van der Waals surface area contributed by atoms with Crippen molar-refractivity contribution >= 4 is 18.0 Å². The molecule has 2 amide bonds. The molecule has 0 aromatic heterocycles. The summed E-state index contributed by atoms with van der Waals surface area (Å²) in [7, 11) is 0. The lowest BCUT2D eigenvalue weighted by molar-refractivity contribution is -0.149. The van der Waals surface area contributed by atoms with Gasteiger partial charge < -0.3 is 20.5 Å². The number of amides is 2. The largest absolute Gasteiger partial charge is 0.480 e. The molecule has 2 aromatic carbocycles. The molecular formula is C27H34N2O5. The number of nitrogens with one attached hydrogen (secondary N) is 2. The molecule has 0 fully saturated rings. The first-order valence-corrected chi connectivity index (χ1v) is 11.9. The molecule has 3 N–H and O–H groups in total. The van der Waals surface area contributed by atoms with Crippen molar-refractivity contribution in [3.8, 4) is 11.1 Å². The van der Waals surface area contributed by atoms with Crippen LogP contribution in [0.25, 0.3) is 11.1 Å². The smallest absolute Gasteiger partial charge is 0.407 e. The number of fused-ring (bicyclic) bond motifs is 3. The van der Waals surface area contributed by atoms with E-state index in [-0.39, 0.29) is 31.4 Å². The van der Waals surface area contributed by atoms with E-state index in [2.05, 4.69) is 34.9 Å². The lowest BCUT2D eigenvalue weighted by atomic mass is 9.80. The highest BCUT2D eigenvalue weighted by Crippen LogP contribution is 2.44. The van der Waals surface area contributed by atoms with Crippen molar-refractivity contribution in [1.82, 2.24) is 10.6 Å². The van der Waals surface area contributed by atoms with Gasteiger partial charge in [0.15, 0.2) is 0 Å². The zero-order chi connectivity index (χ0) is 24.9. The molecule has 1 unspecified atom stereocenters. The van der Waals surface area contributed by atoms with E-state index in [0.717, 1.165) is 22.3 Å². The molecule has 2 aromatic rings. The molecule has 3 rings (SSSR count). The number of ether oxygens (including phenoxy) is 1. The first-order chi connectivity index (χ1) is 16.2. The van der Waals surface area contributed by atoms with E-state index in [1.54, 1.807) is 6.92 Å². The Balaban J connectivity index is 1.65. The van der Waals surface area contributed by atoms with E-state index >= 15 is 0 Å². The average molecular weight is 467 g/mol. The van der Waals surface area contributed by atoms with Crippen molar-refractivity contribution in [1.29, 1.82) is 0 Å². The highest BCUT2D eigenvalue weighted by atomic mass is 16.5. The minimum absolute atomic E-state index is 0.0515. The zero-order valence-electron chi connectivity index (χ0n) is 20.3. The number of alkyl carbamates (subject to hydrolysis) is 1. The lowest BCUT2D eigenvalue weighted by Crippen LogP contribution is -2.58. The zero-order valence-corrected chi connectivity index (χ0v) is 20.3. The van der Waals surface area contributed by atoms with Crippen LogP contribution < -0.4 is 10.6 Å². The Bertz CT molecular complexity index is 1020. The van der Waals surface area contributed by atoms with Crippen LogP contribution in [0, 0.1) is 5.41 Å². The second-order valence-electron chi connectivity index (χ2n) is 9.11. The molecule has 182 valence electrons. The number of carboxylic acids is 1. The van der Waals surface area contributed by atoms with Crippen molar-refractivity contribution < 1.29 is 24.2 Å². The Morgan fingerprint density at radius 2 is 1.44 bits per heavy atom. The van der Waals surface area contributed by atoms with E-state index in [0.29, 0.717) is 12.8 Å². The summed E-state index contributed by atoms with van der Waals surface area (Å²) in [6.45, 7) is 7.15. The second-order valence-corrected chi connectivity index (χ2v) is 9.11. The molecule has 7 heteroatoms. The fraction of sp³-hybridized carbons (Fsp3) is 0.444. The summed E-state index contributed by atoms with van der Waals surface area (Å²) >= 11 is 0.